The number of nitrogens with zero attached hydrogens (tertiary/aromatic N) is 1. The predicted octanol–water partition coefficient (Wildman–Crippen LogP) is 1.87. The molecule has 1 unspecified atom stereocenters. The van der Waals surface area contributed by atoms with Crippen LogP contribution in [0.25, 0.3) is 0 Å². The number of ether oxygens (including phenoxy) is 3. The molecule has 11 heteroatoms. The van der Waals surface area contributed by atoms with Gasteiger partial charge in [0.2, 0.25) is 5.91 Å². The van der Waals surface area contributed by atoms with Crippen molar-refractivity contribution in [2.75, 3.05) is 45.7 Å². The van der Waals surface area contributed by atoms with Crippen LogP contribution >= 0.6 is 0 Å². The van der Waals surface area contributed by atoms with Gasteiger partial charge in [0.1, 0.15) is 22.4 Å². The monoisotopic (exact) mass is 491 g/mol. The average Bonchev–Trinajstić information content (AvgIpc) is 3.33. The van der Waals surface area contributed by atoms with Crippen molar-refractivity contribution in [3.8, 4) is 11.5 Å². The molecule has 1 saturated heterocycles. The van der Waals surface area contributed by atoms with Gasteiger partial charge in [-0.15, -0.1) is 0 Å². The number of carbonyl (C=O) groups is 2. The lowest BCUT2D eigenvalue weighted by molar-refractivity contribution is -0.125. The normalized spacial score (nSPS) is 15.6. The minimum atomic E-state index is -3.98. The third kappa shape index (κ3) is 5.78. The Labute approximate surface area is 199 Å². The standard InChI is InChI=1S/C23H29N3O7S/c1-31-14-12-24-22(27)19-5-4-13-26(19)23(28)16-6-8-17(9-7-16)25-34(29,30)21-15-18(32-2)10-11-20(21)33-3/h6-11,15,19,25H,4-5,12-14H2,1-3H3,(H,24,27). The highest BCUT2D eigenvalue weighted by molar-refractivity contribution is 7.92. The van der Waals surface area contributed by atoms with Crippen LogP contribution in [0.1, 0.15) is 23.2 Å². The molecule has 1 fully saturated rings. The Kier molecular flexibility index (Phi) is 8.35. The summed E-state index contributed by atoms with van der Waals surface area (Å²) < 4.78 is 43.6. The van der Waals surface area contributed by atoms with E-state index in [4.69, 9.17) is 14.2 Å². The Bertz CT molecular complexity index is 1120. The van der Waals surface area contributed by atoms with Gasteiger partial charge in [0.15, 0.2) is 0 Å². The van der Waals surface area contributed by atoms with E-state index >= 15 is 0 Å². The second kappa shape index (κ2) is 11.2. The van der Waals surface area contributed by atoms with E-state index in [1.165, 1.54) is 50.6 Å². The van der Waals surface area contributed by atoms with Crippen molar-refractivity contribution < 1.29 is 32.2 Å². The molecular weight excluding hydrogens is 462 g/mol. The quantitative estimate of drug-likeness (QED) is 0.487. The summed E-state index contributed by atoms with van der Waals surface area (Å²) in [5, 5.41) is 2.78. The van der Waals surface area contributed by atoms with Crippen LogP contribution in [0.15, 0.2) is 47.4 Å². The number of nitrogens with one attached hydrogen (secondary N) is 2. The van der Waals surface area contributed by atoms with Gasteiger partial charge in [-0.05, 0) is 49.2 Å². The molecular formula is C23H29N3O7S. The molecule has 10 nitrogen and oxygen atoms in total. The van der Waals surface area contributed by atoms with Crippen molar-refractivity contribution in [2.45, 2.75) is 23.8 Å². The smallest absolute Gasteiger partial charge is 0.265 e. The second-order valence-electron chi connectivity index (χ2n) is 7.64. The SMILES string of the molecule is COCCNC(=O)C1CCCN1C(=O)c1ccc(NS(=O)(=O)c2cc(OC)ccc2OC)cc1. The summed E-state index contributed by atoms with van der Waals surface area (Å²) >= 11 is 0. The summed E-state index contributed by atoms with van der Waals surface area (Å²) in [6.45, 7) is 1.25. The summed E-state index contributed by atoms with van der Waals surface area (Å²) in [5.74, 6) is 0.0465. The minimum absolute atomic E-state index is 0.0751. The lowest BCUT2D eigenvalue weighted by Gasteiger charge is -2.24. The number of sulfonamides is 1. The van der Waals surface area contributed by atoms with E-state index in [1.807, 2.05) is 0 Å². The first kappa shape index (κ1) is 25.3. The van der Waals surface area contributed by atoms with Gasteiger partial charge in [-0.1, -0.05) is 0 Å². The van der Waals surface area contributed by atoms with E-state index in [9.17, 15) is 18.0 Å². The van der Waals surface area contributed by atoms with E-state index in [2.05, 4.69) is 10.0 Å². The van der Waals surface area contributed by atoms with Crippen LogP contribution in [0.3, 0.4) is 0 Å². The van der Waals surface area contributed by atoms with Gasteiger partial charge in [0, 0.05) is 37.5 Å². The number of methoxy groups -OCH3 is 3. The van der Waals surface area contributed by atoms with E-state index in [1.54, 1.807) is 18.1 Å². The maximum Gasteiger partial charge on any atom is 0.265 e. The zero-order valence-corrected chi connectivity index (χ0v) is 20.2. The molecule has 1 aliphatic rings. The number of rotatable bonds is 10. The third-order valence-corrected chi connectivity index (χ3v) is 6.87. The molecule has 1 atom stereocenters. The molecule has 1 heterocycles. The van der Waals surface area contributed by atoms with Crippen molar-refractivity contribution in [3.05, 3.63) is 48.0 Å². The number of benzene rings is 2. The fourth-order valence-electron chi connectivity index (χ4n) is 3.73. The van der Waals surface area contributed by atoms with Crippen LogP contribution in [0.5, 0.6) is 11.5 Å². The summed E-state index contributed by atoms with van der Waals surface area (Å²) in [6, 6.07) is 9.99. The highest BCUT2D eigenvalue weighted by atomic mass is 32.2. The minimum Gasteiger partial charge on any atom is -0.497 e. The fourth-order valence-corrected chi connectivity index (χ4v) is 4.97. The molecule has 0 bridgehead atoms. The average molecular weight is 492 g/mol. The second-order valence-corrected chi connectivity index (χ2v) is 9.29. The molecule has 2 aromatic rings. The summed E-state index contributed by atoms with van der Waals surface area (Å²) in [6.07, 6.45) is 1.32. The Hall–Kier alpha value is -3.31. The molecule has 2 aromatic carbocycles. The molecule has 3 rings (SSSR count). The van der Waals surface area contributed by atoms with Crippen LogP contribution in [0, 0.1) is 0 Å². The molecule has 0 radical (unpaired) electrons. The molecule has 0 aliphatic carbocycles. The first-order valence-corrected chi connectivity index (χ1v) is 12.2. The predicted molar refractivity (Wildman–Crippen MR) is 126 cm³/mol. The Morgan fingerprint density at radius 1 is 1.06 bits per heavy atom. The Balaban J connectivity index is 1.72. The molecule has 1 aliphatic heterocycles. The molecule has 34 heavy (non-hydrogen) atoms. The molecule has 0 aromatic heterocycles. The van der Waals surface area contributed by atoms with Gasteiger partial charge in [-0.2, -0.15) is 0 Å². The van der Waals surface area contributed by atoms with Crippen molar-refractivity contribution in [2.24, 2.45) is 0 Å². The van der Waals surface area contributed by atoms with Gasteiger partial charge >= 0.3 is 0 Å². The number of hydrogen-bond acceptors (Lipinski definition) is 7. The Morgan fingerprint density at radius 2 is 1.79 bits per heavy atom. The summed E-state index contributed by atoms with van der Waals surface area (Å²) in [7, 11) is 0.388. The number of amides is 2. The van der Waals surface area contributed by atoms with E-state index in [0.29, 0.717) is 37.4 Å². The topological polar surface area (TPSA) is 123 Å². The van der Waals surface area contributed by atoms with Crippen LogP contribution in [0.2, 0.25) is 0 Å². The van der Waals surface area contributed by atoms with Crippen molar-refractivity contribution >= 4 is 27.5 Å². The molecule has 0 saturated carbocycles. The van der Waals surface area contributed by atoms with E-state index < -0.39 is 16.1 Å². The fraction of sp³-hybridized carbons (Fsp3) is 0.391. The summed E-state index contributed by atoms with van der Waals surface area (Å²) in [5.41, 5.74) is 0.634. The van der Waals surface area contributed by atoms with Gasteiger partial charge in [-0.25, -0.2) is 8.42 Å². The highest BCUT2D eigenvalue weighted by Gasteiger charge is 2.34. The Morgan fingerprint density at radius 3 is 2.44 bits per heavy atom. The largest absolute Gasteiger partial charge is 0.497 e. The molecule has 2 amide bonds. The molecule has 2 N–H and O–H groups in total. The lowest BCUT2D eigenvalue weighted by Crippen LogP contribution is -2.46. The number of hydrogen-bond donors (Lipinski definition) is 2. The number of likely N-dealkylation sites (tertiary alicyclic amines) is 1. The highest BCUT2D eigenvalue weighted by Crippen LogP contribution is 2.30. The first-order valence-electron chi connectivity index (χ1n) is 10.7. The van der Waals surface area contributed by atoms with Gasteiger partial charge in [-0.3, -0.25) is 14.3 Å². The van der Waals surface area contributed by atoms with Crippen LogP contribution in [0.4, 0.5) is 5.69 Å². The number of carbonyl (C=O) groups excluding carboxylic acids is 2. The number of anilines is 1. The third-order valence-electron chi connectivity index (χ3n) is 5.47. The lowest BCUT2D eigenvalue weighted by atomic mass is 10.1. The van der Waals surface area contributed by atoms with Crippen molar-refractivity contribution in [1.82, 2.24) is 10.2 Å². The molecule has 184 valence electrons. The van der Waals surface area contributed by atoms with Gasteiger partial charge < -0.3 is 24.4 Å². The van der Waals surface area contributed by atoms with E-state index in [-0.39, 0.29) is 28.1 Å². The van der Waals surface area contributed by atoms with Crippen LogP contribution in [-0.4, -0.2) is 72.2 Å². The van der Waals surface area contributed by atoms with Gasteiger partial charge in [0.25, 0.3) is 15.9 Å². The van der Waals surface area contributed by atoms with Crippen LogP contribution < -0.4 is 19.5 Å². The van der Waals surface area contributed by atoms with Crippen LogP contribution in [-0.2, 0) is 19.6 Å². The maximum absolute atomic E-state index is 13.0. The van der Waals surface area contributed by atoms with Gasteiger partial charge in [0.05, 0.1) is 20.8 Å². The summed E-state index contributed by atoms with van der Waals surface area (Å²) in [4.78, 5) is 26.9. The van der Waals surface area contributed by atoms with Crippen molar-refractivity contribution in [3.63, 3.8) is 0 Å². The first-order chi connectivity index (χ1) is 16.3. The van der Waals surface area contributed by atoms with Crippen molar-refractivity contribution in [1.29, 1.82) is 0 Å². The molecule has 0 spiro atoms. The maximum atomic E-state index is 13.0. The zero-order chi connectivity index (χ0) is 24.7. The zero-order valence-electron chi connectivity index (χ0n) is 19.4. The van der Waals surface area contributed by atoms with E-state index in [0.717, 1.165) is 6.42 Å².